The van der Waals surface area contributed by atoms with Gasteiger partial charge >= 0.3 is 0 Å². The van der Waals surface area contributed by atoms with Crippen LogP contribution in [0.4, 0.5) is 0 Å². The van der Waals surface area contributed by atoms with Crippen LogP contribution < -0.4 is 4.74 Å². The summed E-state index contributed by atoms with van der Waals surface area (Å²) in [6, 6.07) is 10.4. The number of nitrogens with zero attached hydrogens (tertiary/aromatic N) is 4. The van der Waals surface area contributed by atoms with Crippen molar-refractivity contribution in [1.82, 2.24) is 25.6 Å². The number of ether oxygens (including phenoxy) is 1. The highest BCUT2D eigenvalue weighted by atomic mass is 16.5. The summed E-state index contributed by atoms with van der Waals surface area (Å²) in [5.41, 5.74) is 5.56. The Balaban J connectivity index is 2.06. The Morgan fingerprint density at radius 1 is 1.00 bits per heavy atom. The van der Waals surface area contributed by atoms with E-state index in [-0.39, 0.29) is 0 Å². The fraction of sp³-hybridized carbons (Fsp3) is 0.333. The van der Waals surface area contributed by atoms with E-state index in [0.29, 0.717) is 11.7 Å². The van der Waals surface area contributed by atoms with Crippen molar-refractivity contribution in [2.75, 3.05) is 7.11 Å². The van der Waals surface area contributed by atoms with Gasteiger partial charge in [0.05, 0.1) is 12.7 Å². The standard InChI is InChI=1S/C18H19N5O/c1-24-18-16(17-20-22-23-21-17)15(12-8-4-2-5-9-12)13-10-6-3-7-11-14(13)19-18/h2,4-5,8-9H,3,6-7,10-11H2,1H3,(H,20,21,22,23). The van der Waals surface area contributed by atoms with E-state index in [4.69, 9.17) is 9.72 Å². The van der Waals surface area contributed by atoms with Crippen LogP contribution in [0.15, 0.2) is 30.3 Å². The zero-order valence-corrected chi connectivity index (χ0v) is 13.6. The lowest BCUT2D eigenvalue weighted by atomic mass is 9.91. The third kappa shape index (κ3) is 2.54. The average molecular weight is 321 g/mol. The van der Waals surface area contributed by atoms with Crippen molar-refractivity contribution >= 4 is 0 Å². The van der Waals surface area contributed by atoms with Crippen molar-refractivity contribution in [2.45, 2.75) is 32.1 Å². The number of tetrazole rings is 1. The number of nitrogens with one attached hydrogen (secondary N) is 1. The van der Waals surface area contributed by atoms with E-state index in [1.54, 1.807) is 7.11 Å². The number of pyridine rings is 1. The number of aromatic nitrogens is 5. The molecule has 0 saturated heterocycles. The Morgan fingerprint density at radius 3 is 2.58 bits per heavy atom. The van der Waals surface area contributed by atoms with E-state index in [1.807, 2.05) is 18.2 Å². The molecule has 0 spiro atoms. The molecule has 24 heavy (non-hydrogen) atoms. The van der Waals surface area contributed by atoms with E-state index >= 15 is 0 Å². The first-order chi connectivity index (χ1) is 11.9. The molecule has 6 nitrogen and oxygen atoms in total. The number of methoxy groups -OCH3 is 1. The molecule has 0 unspecified atom stereocenters. The molecule has 0 bridgehead atoms. The molecule has 0 aliphatic heterocycles. The van der Waals surface area contributed by atoms with Crippen molar-refractivity contribution < 1.29 is 4.74 Å². The normalized spacial score (nSPS) is 14.0. The molecule has 3 aromatic rings. The first-order valence-corrected chi connectivity index (χ1v) is 8.27. The molecule has 1 aromatic carbocycles. The van der Waals surface area contributed by atoms with Crippen LogP contribution in [0.25, 0.3) is 22.5 Å². The highest BCUT2D eigenvalue weighted by Gasteiger charge is 2.25. The zero-order chi connectivity index (χ0) is 16.4. The van der Waals surface area contributed by atoms with Crippen LogP contribution in [-0.4, -0.2) is 32.7 Å². The van der Waals surface area contributed by atoms with Crippen LogP contribution in [0.3, 0.4) is 0 Å². The predicted octanol–water partition coefficient (Wildman–Crippen LogP) is 3.21. The lowest BCUT2D eigenvalue weighted by Gasteiger charge is -2.18. The summed E-state index contributed by atoms with van der Waals surface area (Å²) in [6.45, 7) is 0. The van der Waals surface area contributed by atoms with Gasteiger partial charge in [0.15, 0.2) is 5.82 Å². The van der Waals surface area contributed by atoms with E-state index in [2.05, 4.69) is 32.8 Å². The summed E-state index contributed by atoms with van der Waals surface area (Å²) >= 11 is 0. The van der Waals surface area contributed by atoms with Crippen molar-refractivity contribution in [3.8, 4) is 28.4 Å². The van der Waals surface area contributed by atoms with Gasteiger partial charge in [-0.05, 0) is 47.2 Å². The summed E-state index contributed by atoms with van der Waals surface area (Å²) in [6.07, 6.45) is 5.58. The number of benzene rings is 1. The molecule has 2 aromatic heterocycles. The van der Waals surface area contributed by atoms with E-state index < -0.39 is 0 Å². The minimum atomic E-state index is 0.577. The molecule has 1 aliphatic rings. The van der Waals surface area contributed by atoms with Crippen molar-refractivity contribution in [3.63, 3.8) is 0 Å². The first kappa shape index (κ1) is 14.8. The molecule has 6 heteroatoms. The van der Waals surface area contributed by atoms with Crippen LogP contribution in [0.5, 0.6) is 5.88 Å². The van der Waals surface area contributed by atoms with Crippen LogP contribution >= 0.6 is 0 Å². The van der Waals surface area contributed by atoms with Crippen molar-refractivity contribution in [1.29, 1.82) is 0 Å². The van der Waals surface area contributed by atoms with Crippen LogP contribution in [0, 0.1) is 0 Å². The van der Waals surface area contributed by atoms with Crippen LogP contribution in [0.2, 0.25) is 0 Å². The second kappa shape index (κ2) is 6.39. The van der Waals surface area contributed by atoms with Crippen LogP contribution in [0.1, 0.15) is 30.5 Å². The minimum absolute atomic E-state index is 0.577. The molecule has 1 N–H and O–H groups in total. The second-order valence-electron chi connectivity index (χ2n) is 5.97. The van der Waals surface area contributed by atoms with Gasteiger partial charge in [0.2, 0.25) is 5.88 Å². The minimum Gasteiger partial charge on any atom is -0.480 e. The molecular weight excluding hydrogens is 302 g/mol. The number of rotatable bonds is 3. The quantitative estimate of drug-likeness (QED) is 0.750. The van der Waals surface area contributed by atoms with Crippen molar-refractivity contribution in [3.05, 3.63) is 41.6 Å². The van der Waals surface area contributed by atoms with Gasteiger partial charge in [-0.15, -0.1) is 5.10 Å². The third-order valence-electron chi connectivity index (χ3n) is 4.53. The number of H-pyrrole nitrogens is 1. The summed E-state index contributed by atoms with van der Waals surface area (Å²) in [4.78, 5) is 4.80. The third-order valence-corrected chi connectivity index (χ3v) is 4.53. The number of aryl methyl sites for hydroxylation is 1. The first-order valence-electron chi connectivity index (χ1n) is 8.27. The predicted molar refractivity (Wildman–Crippen MR) is 90.7 cm³/mol. The van der Waals surface area contributed by atoms with Gasteiger partial charge in [-0.2, -0.15) is 0 Å². The largest absolute Gasteiger partial charge is 0.480 e. The van der Waals surface area contributed by atoms with Gasteiger partial charge in [0, 0.05) is 11.3 Å². The van der Waals surface area contributed by atoms with E-state index in [0.717, 1.165) is 35.2 Å². The number of hydrogen-bond acceptors (Lipinski definition) is 5. The second-order valence-corrected chi connectivity index (χ2v) is 5.97. The number of aromatic amines is 1. The lowest BCUT2D eigenvalue weighted by molar-refractivity contribution is 0.397. The Kier molecular flexibility index (Phi) is 3.94. The molecule has 122 valence electrons. The highest BCUT2D eigenvalue weighted by molar-refractivity contribution is 5.86. The van der Waals surface area contributed by atoms with E-state index in [1.165, 1.54) is 24.8 Å². The maximum Gasteiger partial charge on any atom is 0.225 e. The molecule has 0 fully saturated rings. The summed E-state index contributed by atoms with van der Waals surface area (Å²) in [5, 5.41) is 14.5. The Hall–Kier alpha value is -2.76. The molecular formula is C18H19N5O. The molecule has 0 radical (unpaired) electrons. The Morgan fingerprint density at radius 2 is 1.83 bits per heavy atom. The molecule has 0 amide bonds. The van der Waals surface area contributed by atoms with Gasteiger partial charge < -0.3 is 4.74 Å². The fourth-order valence-electron chi connectivity index (χ4n) is 3.45. The molecule has 0 saturated carbocycles. The topological polar surface area (TPSA) is 76.6 Å². The molecule has 0 atom stereocenters. The number of hydrogen-bond donors (Lipinski definition) is 1. The zero-order valence-electron chi connectivity index (χ0n) is 13.6. The SMILES string of the molecule is COc1nc2c(c(-c3ccccc3)c1-c1nnn[nH]1)CCCCC2. The Labute approximate surface area is 140 Å². The van der Waals surface area contributed by atoms with Gasteiger partial charge in [-0.3, -0.25) is 0 Å². The number of fused-ring (bicyclic) bond motifs is 1. The smallest absolute Gasteiger partial charge is 0.225 e. The van der Waals surface area contributed by atoms with Crippen molar-refractivity contribution in [2.24, 2.45) is 0 Å². The van der Waals surface area contributed by atoms with Gasteiger partial charge in [-0.1, -0.05) is 36.8 Å². The molecule has 4 rings (SSSR count). The summed E-state index contributed by atoms with van der Waals surface area (Å²) in [7, 11) is 1.65. The summed E-state index contributed by atoms with van der Waals surface area (Å²) in [5.74, 6) is 1.17. The van der Waals surface area contributed by atoms with Gasteiger partial charge in [0.1, 0.15) is 0 Å². The fourth-order valence-corrected chi connectivity index (χ4v) is 3.45. The maximum absolute atomic E-state index is 5.61. The van der Waals surface area contributed by atoms with Crippen LogP contribution in [-0.2, 0) is 12.8 Å². The highest BCUT2D eigenvalue weighted by Crippen LogP contribution is 2.41. The van der Waals surface area contributed by atoms with Gasteiger partial charge in [0.25, 0.3) is 0 Å². The average Bonchev–Trinajstić information content (AvgIpc) is 3.06. The monoisotopic (exact) mass is 321 g/mol. The Bertz CT molecular complexity index is 830. The lowest BCUT2D eigenvalue weighted by Crippen LogP contribution is -2.05. The summed E-state index contributed by atoms with van der Waals surface area (Å²) < 4.78 is 5.61. The molecule has 1 aliphatic carbocycles. The van der Waals surface area contributed by atoms with Gasteiger partial charge in [-0.25, -0.2) is 10.1 Å². The maximum atomic E-state index is 5.61. The van der Waals surface area contributed by atoms with E-state index in [9.17, 15) is 0 Å². The molecule has 2 heterocycles.